The van der Waals surface area contributed by atoms with Crippen molar-refractivity contribution in [3.63, 3.8) is 0 Å². The van der Waals surface area contributed by atoms with E-state index >= 15 is 0 Å². The largest absolute Gasteiger partial charge is 0.481 e. The molecule has 0 amide bonds. The second-order valence-corrected chi connectivity index (χ2v) is 6.77. The molecular weight excluding hydrogens is 324 g/mol. The molecule has 0 aromatic carbocycles. The Morgan fingerprint density at radius 1 is 1.12 bits per heavy atom. The number of hydrogen-bond donors (Lipinski definition) is 1. The number of carboxylic acids is 1. The lowest BCUT2D eigenvalue weighted by Gasteiger charge is -2.23. The Kier molecular flexibility index (Phi) is 9.44. The van der Waals surface area contributed by atoms with Gasteiger partial charge in [0.05, 0.1) is 5.69 Å². The summed E-state index contributed by atoms with van der Waals surface area (Å²) in [6.07, 6.45) is 19.1. The van der Waals surface area contributed by atoms with E-state index in [4.69, 9.17) is 5.11 Å². The van der Waals surface area contributed by atoms with Crippen molar-refractivity contribution in [2.45, 2.75) is 51.5 Å². The summed E-state index contributed by atoms with van der Waals surface area (Å²) in [7, 11) is 0. The fourth-order valence-corrected chi connectivity index (χ4v) is 3.10. The molecule has 0 spiro atoms. The Morgan fingerprint density at radius 3 is 2.85 bits per heavy atom. The van der Waals surface area contributed by atoms with Gasteiger partial charge in [0.2, 0.25) is 0 Å². The highest BCUT2D eigenvalue weighted by Crippen LogP contribution is 2.15. The van der Waals surface area contributed by atoms with Crippen LogP contribution in [0.5, 0.6) is 0 Å². The molecule has 0 atom stereocenters. The minimum absolute atomic E-state index is 0.267. The molecular formula is C22H30N2O2. The monoisotopic (exact) mass is 354 g/mol. The van der Waals surface area contributed by atoms with Crippen LogP contribution in [0.25, 0.3) is 0 Å². The van der Waals surface area contributed by atoms with Crippen LogP contribution in [-0.4, -0.2) is 34.0 Å². The van der Waals surface area contributed by atoms with Crippen LogP contribution in [0, 0.1) is 0 Å². The highest BCUT2D eigenvalue weighted by Gasteiger charge is 2.10. The van der Waals surface area contributed by atoms with Crippen molar-refractivity contribution < 1.29 is 9.90 Å². The maximum absolute atomic E-state index is 10.7. The zero-order chi connectivity index (χ0) is 18.5. The quantitative estimate of drug-likeness (QED) is 0.616. The van der Waals surface area contributed by atoms with E-state index in [-0.39, 0.29) is 6.42 Å². The predicted octanol–water partition coefficient (Wildman–Crippen LogP) is 4.75. The van der Waals surface area contributed by atoms with E-state index in [0.29, 0.717) is 0 Å². The third-order valence-corrected chi connectivity index (χ3v) is 4.46. The van der Waals surface area contributed by atoms with Crippen LogP contribution >= 0.6 is 0 Å². The second kappa shape index (κ2) is 12.2. The molecule has 0 saturated carbocycles. The smallest absolute Gasteiger partial charge is 0.303 e. The zero-order valence-electron chi connectivity index (χ0n) is 15.5. The summed E-state index contributed by atoms with van der Waals surface area (Å²) in [4.78, 5) is 17.6. The van der Waals surface area contributed by atoms with Crippen molar-refractivity contribution >= 4 is 5.97 Å². The number of aliphatic carboxylic acids is 1. The van der Waals surface area contributed by atoms with Gasteiger partial charge in [-0.2, -0.15) is 0 Å². The average Bonchev–Trinajstić information content (AvgIpc) is 2.76. The third kappa shape index (κ3) is 8.77. The Morgan fingerprint density at radius 2 is 2.04 bits per heavy atom. The maximum Gasteiger partial charge on any atom is 0.303 e. The summed E-state index contributed by atoms with van der Waals surface area (Å²) in [5.74, 6) is -0.702. The molecule has 1 aromatic heterocycles. The van der Waals surface area contributed by atoms with E-state index < -0.39 is 5.97 Å². The van der Waals surface area contributed by atoms with Crippen molar-refractivity contribution in [2.75, 3.05) is 13.1 Å². The number of carbonyl (C=O) groups is 1. The average molecular weight is 354 g/mol. The molecule has 1 heterocycles. The van der Waals surface area contributed by atoms with Crippen LogP contribution < -0.4 is 0 Å². The van der Waals surface area contributed by atoms with Gasteiger partial charge in [-0.25, -0.2) is 0 Å². The van der Waals surface area contributed by atoms with E-state index in [0.717, 1.165) is 57.4 Å². The summed E-state index contributed by atoms with van der Waals surface area (Å²) in [6, 6.07) is 6.04. The Hall–Kier alpha value is -2.20. The van der Waals surface area contributed by atoms with Crippen LogP contribution in [0.15, 0.2) is 60.3 Å². The van der Waals surface area contributed by atoms with E-state index in [1.165, 1.54) is 12.0 Å². The van der Waals surface area contributed by atoms with Gasteiger partial charge in [-0.3, -0.25) is 14.7 Å². The van der Waals surface area contributed by atoms with Gasteiger partial charge in [-0.15, -0.1) is 0 Å². The first-order chi connectivity index (χ1) is 12.7. The van der Waals surface area contributed by atoms with Crippen LogP contribution in [0.1, 0.15) is 50.6 Å². The maximum atomic E-state index is 10.7. The lowest BCUT2D eigenvalue weighted by molar-refractivity contribution is -0.137. The normalized spacial score (nSPS) is 19.0. The van der Waals surface area contributed by atoms with Crippen LogP contribution in [-0.2, 0) is 11.3 Å². The number of nitrogens with zero attached hydrogens (tertiary/aromatic N) is 2. The number of unbranched alkanes of at least 4 members (excludes halogenated alkanes) is 2. The van der Waals surface area contributed by atoms with E-state index in [9.17, 15) is 4.79 Å². The minimum Gasteiger partial charge on any atom is -0.481 e. The molecule has 0 radical (unpaired) electrons. The van der Waals surface area contributed by atoms with Gasteiger partial charge in [-0.1, -0.05) is 48.4 Å². The number of rotatable bonds is 10. The van der Waals surface area contributed by atoms with Gasteiger partial charge in [-0.05, 0) is 50.8 Å². The van der Waals surface area contributed by atoms with Gasteiger partial charge >= 0.3 is 5.97 Å². The van der Waals surface area contributed by atoms with Gasteiger partial charge in [0.25, 0.3) is 0 Å². The number of allylic oxidation sites excluding steroid dienone is 5. The molecule has 140 valence electrons. The third-order valence-electron chi connectivity index (χ3n) is 4.46. The number of carboxylic acid groups (broad SMARTS) is 1. The molecule has 2 rings (SSSR count). The molecule has 0 bridgehead atoms. The number of hydrogen-bond acceptors (Lipinski definition) is 3. The van der Waals surface area contributed by atoms with Crippen molar-refractivity contribution in [2.24, 2.45) is 0 Å². The van der Waals surface area contributed by atoms with E-state index in [1.54, 1.807) is 0 Å². The first kappa shape index (κ1) is 20.1. The molecule has 4 nitrogen and oxygen atoms in total. The lowest BCUT2D eigenvalue weighted by atomic mass is 10.1. The summed E-state index contributed by atoms with van der Waals surface area (Å²) in [6.45, 7) is 2.74. The SMILES string of the molecule is O=C(O)CCCCCN(C/C1=C/C=C\C=C\CCC1)Cc1ccccn1. The van der Waals surface area contributed by atoms with Gasteiger partial charge in [0.15, 0.2) is 0 Å². The fourth-order valence-electron chi connectivity index (χ4n) is 3.10. The standard InChI is InChI=1S/C22H30N2O2/c25-22(26)15-8-5-11-17-24(19-21-14-9-10-16-23-21)18-20-12-6-3-1-2-4-7-13-20/h1-3,6,9-10,12,14,16H,4-5,7-8,11,13,15,17-19H2,(H,25,26)/b2-1+,6-3-,20-12+. The van der Waals surface area contributed by atoms with Crippen LogP contribution in [0.4, 0.5) is 0 Å². The Balaban J connectivity index is 1.92. The first-order valence-electron chi connectivity index (χ1n) is 9.59. The van der Waals surface area contributed by atoms with Crippen molar-refractivity contribution in [3.8, 4) is 0 Å². The molecule has 0 saturated heterocycles. The molecule has 0 unspecified atom stereocenters. The predicted molar refractivity (Wildman–Crippen MR) is 106 cm³/mol. The minimum atomic E-state index is -0.702. The van der Waals surface area contributed by atoms with Crippen LogP contribution in [0.3, 0.4) is 0 Å². The van der Waals surface area contributed by atoms with Gasteiger partial charge < -0.3 is 5.11 Å². The summed E-state index contributed by atoms with van der Waals surface area (Å²) >= 11 is 0. The van der Waals surface area contributed by atoms with E-state index in [1.807, 2.05) is 18.3 Å². The second-order valence-electron chi connectivity index (χ2n) is 6.77. The van der Waals surface area contributed by atoms with Gasteiger partial charge in [0, 0.05) is 25.7 Å². The molecule has 1 N–H and O–H groups in total. The molecule has 1 aliphatic rings. The number of pyridine rings is 1. The topological polar surface area (TPSA) is 53.4 Å². The van der Waals surface area contributed by atoms with Gasteiger partial charge in [0.1, 0.15) is 0 Å². The van der Waals surface area contributed by atoms with Crippen LogP contribution in [0.2, 0.25) is 0 Å². The highest BCUT2D eigenvalue weighted by atomic mass is 16.4. The molecule has 4 heteroatoms. The Labute approximate surface area is 156 Å². The summed E-state index contributed by atoms with van der Waals surface area (Å²) < 4.78 is 0. The molecule has 1 aliphatic carbocycles. The van der Waals surface area contributed by atoms with Crippen molar-refractivity contribution in [1.29, 1.82) is 0 Å². The molecule has 26 heavy (non-hydrogen) atoms. The summed E-state index contributed by atoms with van der Waals surface area (Å²) in [5, 5.41) is 8.77. The number of aromatic nitrogens is 1. The lowest BCUT2D eigenvalue weighted by Crippen LogP contribution is -2.27. The highest BCUT2D eigenvalue weighted by molar-refractivity contribution is 5.66. The van der Waals surface area contributed by atoms with Crippen molar-refractivity contribution in [1.82, 2.24) is 9.88 Å². The molecule has 0 aliphatic heterocycles. The Bertz CT molecular complexity index is 620. The van der Waals surface area contributed by atoms with Crippen molar-refractivity contribution in [3.05, 3.63) is 66.0 Å². The molecule has 0 fully saturated rings. The fraction of sp³-hybridized carbons (Fsp3) is 0.455. The summed E-state index contributed by atoms with van der Waals surface area (Å²) in [5.41, 5.74) is 2.53. The first-order valence-corrected chi connectivity index (χ1v) is 9.59. The zero-order valence-corrected chi connectivity index (χ0v) is 15.5. The van der Waals surface area contributed by atoms with E-state index in [2.05, 4.69) is 46.3 Å². The molecule has 1 aromatic rings.